The summed E-state index contributed by atoms with van der Waals surface area (Å²) in [6, 6.07) is 0. The number of hydrogen-bond acceptors (Lipinski definition) is 1. The molecule has 2 nitrogen and oxygen atoms in total. The zero-order valence-electron chi connectivity index (χ0n) is 6.72. The standard InChI is InChI=1S/C5H12N.C2H4O/c1-5-6(2,3)4;1-2-3/h5H,1H2,2-4H3;2H,1H3/q+1;. The van der Waals surface area contributed by atoms with Gasteiger partial charge in [0.05, 0.1) is 27.3 Å². The predicted octanol–water partition coefficient (Wildman–Crippen LogP) is 1.04. The number of carbonyl (C=O) groups is 1. The lowest BCUT2D eigenvalue weighted by molar-refractivity contribution is -0.816. The number of aldehydes is 1. The van der Waals surface area contributed by atoms with Gasteiger partial charge in [-0.05, 0) is 13.5 Å². The monoisotopic (exact) mass is 130 g/mol. The van der Waals surface area contributed by atoms with Gasteiger partial charge in [0.15, 0.2) is 0 Å². The third-order valence-corrected chi connectivity index (χ3v) is 0.548. The Morgan fingerprint density at radius 2 is 1.44 bits per heavy atom. The number of nitrogens with zero attached hydrogens (tertiary/aromatic N) is 1. The molecule has 0 radical (unpaired) electrons. The maximum atomic E-state index is 8.81. The summed E-state index contributed by atoms with van der Waals surface area (Å²) < 4.78 is 0.833. The van der Waals surface area contributed by atoms with Crippen LogP contribution in [0.4, 0.5) is 0 Å². The fourth-order valence-corrected chi connectivity index (χ4v) is 0. The first kappa shape index (κ1) is 11.2. The molecule has 2 heteroatoms. The Hall–Kier alpha value is -0.630. The number of hydrogen-bond donors (Lipinski definition) is 0. The largest absolute Gasteiger partial charge is 0.305 e. The highest BCUT2D eigenvalue weighted by molar-refractivity contribution is 5.44. The molecule has 0 fully saturated rings. The van der Waals surface area contributed by atoms with Crippen molar-refractivity contribution < 1.29 is 9.28 Å². The highest BCUT2D eigenvalue weighted by Gasteiger charge is 1.94. The molecule has 0 amide bonds. The number of rotatable bonds is 1. The normalized spacial score (nSPS) is 8.89. The van der Waals surface area contributed by atoms with Crippen molar-refractivity contribution in [3.8, 4) is 0 Å². The lowest BCUT2D eigenvalue weighted by Gasteiger charge is -2.15. The van der Waals surface area contributed by atoms with E-state index in [-0.39, 0.29) is 0 Å². The minimum atomic E-state index is 0.750. The minimum Gasteiger partial charge on any atom is -0.305 e. The summed E-state index contributed by atoms with van der Waals surface area (Å²) in [5, 5.41) is 0. The second-order valence-electron chi connectivity index (χ2n) is 2.53. The Balaban J connectivity index is 0. The molecule has 54 valence electrons. The molecular formula is C7H16NO+. The SMILES string of the molecule is C=C[N+](C)(C)C.CC=O. The summed E-state index contributed by atoms with van der Waals surface area (Å²) >= 11 is 0. The van der Waals surface area contributed by atoms with Crippen LogP contribution in [0.2, 0.25) is 0 Å². The van der Waals surface area contributed by atoms with Crippen LogP contribution in [0.15, 0.2) is 12.8 Å². The third kappa shape index (κ3) is 37.8. The topological polar surface area (TPSA) is 17.1 Å². The van der Waals surface area contributed by atoms with Crippen LogP contribution < -0.4 is 0 Å². The van der Waals surface area contributed by atoms with E-state index >= 15 is 0 Å². The molecular weight excluding hydrogens is 114 g/mol. The van der Waals surface area contributed by atoms with Crippen molar-refractivity contribution in [3.63, 3.8) is 0 Å². The lowest BCUT2D eigenvalue weighted by atomic mass is 10.7. The van der Waals surface area contributed by atoms with Crippen molar-refractivity contribution in [2.24, 2.45) is 0 Å². The van der Waals surface area contributed by atoms with Crippen molar-refractivity contribution in [1.82, 2.24) is 0 Å². The minimum absolute atomic E-state index is 0.750. The maximum absolute atomic E-state index is 8.81. The zero-order chi connectivity index (χ0) is 7.91. The van der Waals surface area contributed by atoms with Gasteiger partial charge in [0.2, 0.25) is 0 Å². The molecule has 0 saturated carbocycles. The Morgan fingerprint density at radius 3 is 1.44 bits per heavy atom. The molecule has 0 spiro atoms. The van der Waals surface area contributed by atoms with Gasteiger partial charge in [-0.2, -0.15) is 0 Å². The average Bonchev–Trinajstić information content (AvgIpc) is 1.67. The fourth-order valence-electron chi connectivity index (χ4n) is 0. The highest BCUT2D eigenvalue weighted by atomic mass is 16.1. The highest BCUT2D eigenvalue weighted by Crippen LogP contribution is 1.85. The second-order valence-corrected chi connectivity index (χ2v) is 2.53. The maximum Gasteiger partial charge on any atom is 0.116 e. The van der Waals surface area contributed by atoms with Crippen LogP contribution in [0.5, 0.6) is 0 Å². The summed E-state index contributed by atoms with van der Waals surface area (Å²) in [5.74, 6) is 0. The molecule has 0 aromatic rings. The molecule has 9 heavy (non-hydrogen) atoms. The van der Waals surface area contributed by atoms with Gasteiger partial charge < -0.3 is 9.28 Å². The summed E-state index contributed by atoms with van der Waals surface area (Å²) in [6.07, 6.45) is 2.62. The lowest BCUT2D eigenvalue weighted by Crippen LogP contribution is -2.25. The zero-order valence-corrected chi connectivity index (χ0v) is 6.72. The first-order valence-electron chi connectivity index (χ1n) is 2.82. The van der Waals surface area contributed by atoms with E-state index < -0.39 is 0 Å². The van der Waals surface area contributed by atoms with Crippen molar-refractivity contribution in [1.29, 1.82) is 0 Å². The molecule has 0 aliphatic rings. The van der Waals surface area contributed by atoms with Gasteiger partial charge in [-0.1, -0.05) is 0 Å². The van der Waals surface area contributed by atoms with Gasteiger partial charge in [-0.25, -0.2) is 0 Å². The molecule has 0 aliphatic heterocycles. The van der Waals surface area contributed by atoms with E-state index in [1.165, 1.54) is 6.92 Å². The van der Waals surface area contributed by atoms with Crippen molar-refractivity contribution in [2.75, 3.05) is 21.1 Å². The van der Waals surface area contributed by atoms with Crippen LogP contribution in [0, 0.1) is 0 Å². The first-order chi connectivity index (χ1) is 3.97. The van der Waals surface area contributed by atoms with Gasteiger partial charge in [0, 0.05) is 0 Å². The van der Waals surface area contributed by atoms with Gasteiger partial charge >= 0.3 is 0 Å². The van der Waals surface area contributed by atoms with E-state index in [0.717, 1.165) is 10.8 Å². The fraction of sp³-hybridized carbons (Fsp3) is 0.571. The third-order valence-electron chi connectivity index (χ3n) is 0.548. The van der Waals surface area contributed by atoms with E-state index in [1.807, 2.05) is 6.20 Å². The molecule has 0 atom stereocenters. The van der Waals surface area contributed by atoms with Crippen LogP contribution in [-0.4, -0.2) is 31.9 Å². The Kier molecular flexibility index (Phi) is 6.85. The van der Waals surface area contributed by atoms with Crippen LogP contribution in [-0.2, 0) is 4.79 Å². The van der Waals surface area contributed by atoms with Gasteiger partial charge in [0.1, 0.15) is 6.29 Å². The average molecular weight is 130 g/mol. The summed E-state index contributed by atoms with van der Waals surface area (Å²) in [6.45, 7) is 5.05. The molecule has 0 aromatic heterocycles. The van der Waals surface area contributed by atoms with Crippen LogP contribution >= 0.6 is 0 Å². The van der Waals surface area contributed by atoms with Crippen molar-refractivity contribution in [3.05, 3.63) is 12.8 Å². The molecule has 0 unspecified atom stereocenters. The van der Waals surface area contributed by atoms with Gasteiger partial charge in [0.25, 0.3) is 0 Å². The first-order valence-corrected chi connectivity index (χ1v) is 2.82. The number of quaternary nitrogens is 1. The number of carbonyl (C=O) groups excluding carboxylic acids is 1. The van der Waals surface area contributed by atoms with Crippen LogP contribution in [0.25, 0.3) is 0 Å². The van der Waals surface area contributed by atoms with Crippen molar-refractivity contribution >= 4 is 6.29 Å². The molecule has 0 bridgehead atoms. The predicted molar refractivity (Wildman–Crippen MR) is 40.0 cm³/mol. The van der Waals surface area contributed by atoms with Crippen LogP contribution in [0.3, 0.4) is 0 Å². The summed E-state index contributed by atoms with van der Waals surface area (Å²) in [4.78, 5) is 8.81. The molecule has 0 aromatic carbocycles. The Bertz CT molecular complexity index is 81.4. The van der Waals surface area contributed by atoms with Gasteiger partial charge in [-0.15, -0.1) is 0 Å². The molecule has 0 heterocycles. The second kappa shape index (κ2) is 5.51. The van der Waals surface area contributed by atoms with E-state index in [1.54, 1.807) is 0 Å². The van der Waals surface area contributed by atoms with Crippen molar-refractivity contribution in [2.45, 2.75) is 6.92 Å². The molecule has 0 rings (SSSR count). The molecule has 0 saturated heterocycles. The van der Waals surface area contributed by atoms with E-state index in [2.05, 4.69) is 27.7 Å². The van der Waals surface area contributed by atoms with Gasteiger partial charge in [-0.3, -0.25) is 0 Å². The smallest absolute Gasteiger partial charge is 0.116 e. The molecule has 0 N–H and O–H groups in total. The summed E-state index contributed by atoms with van der Waals surface area (Å²) in [5.41, 5.74) is 0. The summed E-state index contributed by atoms with van der Waals surface area (Å²) in [7, 11) is 6.19. The van der Waals surface area contributed by atoms with E-state index in [9.17, 15) is 0 Å². The van der Waals surface area contributed by atoms with Crippen LogP contribution in [0.1, 0.15) is 6.92 Å². The Labute approximate surface area is 57.4 Å². The quantitative estimate of drug-likeness (QED) is 0.383. The van der Waals surface area contributed by atoms with E-state index in [0.29, 0.717) is 0 Å². The van der Waals surface area contributed by atoms with E-state index in [4.69, 9.17) is 4.79 Å². The Morgan fingerprint density at radius 1 is 1.33 bits per heavy atom. The molecule has 0 aliphatic carbocycles.